The van der Waals surface area contributed by atoms with Crippen molar-refractivity contribution in [3.8, 4) is 0 Å². The minimum Gasteiger partial charge on any atom is -0.290 e. The largest absolute Gasteiger partial charge is 0.290 e. The van der Waals surface area contributed by atoms with Gasteiger partial charge in [-0.2, -0.15) is 0 Å². The Hall–Kier alpha value is -1.36. The van der Waals surface area contributed by atoms with Crippen LogP contribution in [0.15, 0.2) is 28.2 Å². The molecule has 0 bridgehead atoms. The summed E-state index contributed by atoms with van der Waals surface area (Å²) >= 11 is 1.32. The number of aromatic nitrogens is 2. The Morgan fingerprint density at radius 2 is 2.20 bits per heavy atom. The van der Waals surface area contributed by atoms with Gasteiger partial charge in [0.15, 0.2) is 5.16 Å². The van der Waals surface area contributed by atoms with Gasteiger partial charge < -0.3 is 0 Å². The molecule has 0 amide bonds. The van der Waals surface area contributed by atoms with Crippen molar-refractivity contribution in [3.63, 3.8) is 0 Å². The van der Waals surface area contributed by atoms with E-state index in [0.717, 1.165) is 0 Å². The molecular weight excluding hydrogens is 215 g/mol. The molecular formula is C10H9FN2OS. The number of halogens is 1. The van der Waals surface area contributed by atoms with Gasteiger partial charge in [0.1, 0.15) is 11.3 Å². The first kappa shape index (κ1) is 10.2. The van der Waals surface area contributed by atoms with Gasteiger partial charge >= 0.3 is 0 Å². The zero-order chi connectivity index (χ0) is 11.0. The number of fused-ring (bicyclic) bond motifs is 1. The Morgan fingerprint density at radius 3 is 2.87 bits per heavy atom. The number of thioether (sulfide) groups is 1. The van der Waals surface area contributed by atoms with Gasteiger partial charge in [-0.3, -0.25) is 9.36 Å². The van der Waals surface area contributed by atoms with Gasteiger partial charge in [-0.05, 0) is 18.4 Å². The highest BCUT2D eigenvalue weighted by Gasteiger charge is 2.09. The number of hydrogen-bond acceptors (Lipinski definition) is 3. The maximum Gasteiger partial charge on any atom is 0.261 e. The predicted octanol–water partition coefficient (Wildman–Crippen LogP) is 1.79. The first-order chi connectivity index (χ1) is 7.15. The standard InChI is InChI=1S/C10H9FN2OS/c1-13-9(14)6-4-3-5-7(11)8(6)12-10(13)15-2/h3-5H,1-2H3. The fourth-order valence-electron chi connectivity index (χ4n) is 1.42. The number of hydrogen-bond donors (Lipinski definition) is 0. The molecule has 0 spiro atoms. The molecule has 0 aliphatic rings. The van der Waals surface area contributed by atoms with Gasteiger partial charge in [-0.1, -0.05) is 17.8 Å². The van der Waals surface area contributed by atoms with E-state index in [0.29, 0.717) is 10.5 Å². The Bertz CT molecular complexity index is 579. The Morgan fingerprint density at radius 1 is 1.47 bits per heavy atom. The normalized spacial score (nSPS) is 10.9. The lowest BCUT2D eigenvalue weighted by molar-refractivity contribution is 0.630. The molecule has 1 heterocycles. The van der Waals surface area contributed by atoms with Gasteiger partial charge in [0, 0.05) is 7.05 Å². The van der Waals surface area contributed by atoms with E-state index in [4.69, 9.17) is 0 Å². The van der Waals surface area contributed by atoms with E-state index in [1.807, 2.05) is 0 Å². The maximum atomic E-state index is 13.4. The Balaban J connectivity index is 2.98. The lowest BCUT2D eigenvalue weighted by Crippen LogP contribution is -2.20. The molecule has 5 heteroatoms. The molecule has 1 aromatic heterocycles. The fourth-order valence-corrected chi connectivity index (χ4v) is 1.96. The SMILES string of the molecule is CSc1nc2c(F)cccc2c(=O)n1C. The van der Waals surface area contributed by atoms with Crippen LogP contribution in [0.25, 0.3) is 10.9 Å². The molecule has 1 aromatic carbocycles. The van der Waals surface area contributed by atoms with E-state index in [2.05, 4.69) is 4.98 Å². The van der Waals surface area contributed by atoms with E-state index in [1.165, 1.54) is 28.5 Å². The monoisotopic (exact) mass is 224 g/mol. The molecule has 78 valence electrons. The highest BCUT2D eigenvalue weighted by molar-refractivity contribution is 7.98. The first-order valence-corrected chi connectivity index (χ1v) is 5.57. The van der Waals surface area contributed by atoms with E-state index in [9.17, 15) is 9.18 Å². The van der Waals surface area contributed by atoms with Gasteiger partial charge in [0.25, 0.3) is 5.56 Å². The van der Waals surface area contributed by atoms with Crippen molar-refractivity contribution >= 4 is 22.7 Å². The molecule has 0 saturated heterocycles. The van der Waals surface area contributed by atoms with Crippen LogP contribution in [-0.2, 0) is 7.05 Å². The van der Waals surface area contributed by atoms with Crippen molar-refractivity contribution in [2.24, 2.45) is 7.05 Å². The minimum absolute atomic E-state index is 0.143. The zero-order valence-corrected chi connectivity index (χ0v) is 9.14. The summed E-state index contributed by atoms with van der Waals surface area (Å²) in [7, 11) is 1.63. The number of para-hydroxylation sites is 1. The van der Waals surface area contributed by atoms with Crippen molar-refractivity contribution in [3.05, 3.63) is 34.4 Å². The molecule has 3 nitrogen and oxygen atoms in total. The van der Waals surface area contributed by atoms with Crippen LogP contribution in [0.2, 0.25) is 0 Å². The van der Waals surface area contributed by atoms with Crippen LogP contribution < -0.4 is 5.56 Å². The second-order valence-electron chi connectivity index (χ2n) is 3.10. The summed E-state index contributed by atoms with van der Waals surface area (Å²) in [6.45, 7) is 0. The summed E-state index contributed by atoms with van der Waals surface area (Å²) in [6.07, 6.45) is 1.80. The lowest BCUT2D eigenvalue weighted by Gasteiger charge is -2.06. The second-order valence-corrected chi connectivity index (χ2v) is 3.87. The van der Waals surface area contributed by atoms with Crippen LogP contribution in [0.1, 0.15) is 0 Å². The third-order valence-corrected chi connectivity index (χ3v) is 2.93. The third kappa shape index (κ3) is 1.52. The smallest absolute Gasteiger partial charge is 0.261 e. The van der Waals surface area contributed by atoms with Crippen molar-refractivity contribution in [1.29, 1.82) is 0 Å². The molecule has 15 heavy (non-hydrogen) atoms. The summed E-state index contributed by atoms with van der Waals surface area (Å²) in [4.78, 5) is 15.9. The molecule has 0 aliphatic heterocycles. The molecule has 2 aromatic rings. The summed E-state index contributed by atoms with van der Waals surface area (Å²) in [5.41, 5.74) is -0.0752. The highest BCUT2D eigenvalue weighted by Crippen LogP contribution is 2.16. The summed E-state index contributed by atoms with van der Waals surface area (Å²) in [6, 6.07) is 4.40. The Labute approximate surface area is 89.9 Å². The maximum absolute atomic E-state index is 13.4. The molecule has 0 aliphatic carbocycles. The predicted molar refractivity (Wildman–Crippen MR) is 58.7 cm³/mol. The van der Waals surface area contributed by atoms with Crippen molar-refractivity contribution in [1.82, 2.24) is 9.55 Å². The zero-order valence-electron chi connectivity index (χ0n) is 8.32. The fraction of sp³-hybridized carbons (Fsp3) is 0.200. The molecule has 0 fully saturated rings. The average molecular weight is 224 g/mol. The second kappa shape index (κ2) is 3.66. The first-order valence-electron chi connectivity index (χ1n) is 4.34. The van der Waals surface area contributed by atoms with Gasteiger partial charge in [-0.25, -0.2) is 9.37 Å². The third-order valence-electron chi connectivity index (χ3n) is 2.20. The quantitative estimate of drug-likeness (QED) is 0.547. The van der Waals surface area contributed by atoms with Gasteiger partial charge in [0.05, 0.1) is 5.39 Å². The Kier molecular flexibility index (Phi) is 2.48. The van der Waals surface area contributed by atoms with Crippen LogP contribution in [0.4, 0.5) is 4.39 Å². The van der Waals surface area contributed by atoms with Crippen molar-refractivity contribution < 1.29 is 4.39 Å². The van der Waals surface area contributed by atoms with Crippen molar-refractivity contribution in [2.45, 2.75) is 5.16 Å². The molecule has 0 atom stereocenters. The highest BCUT2D eigenvalue weighted by atomic mass is 32.2. The van der Waals surface area contributed by atoms with Crippen LogP contribution in [-0.4, -0.2) is 15.8 Å². The molecule has 0 radical (unpaired) electrons. The van der Waals surface area contributed by atoms with Crippen LogP contribution in [0, 0.1) is 5.82 Å². The molecule has 0 saturated carbocycles. The minimum atomic E-state index is -0.458. The van der Waals surface area contributed by atoms with Crippen molar-refractivity contribution in [2.75, 3.05) is 6.26 Å². The summed E-state index contributed by atoms with van der Waals surface area (Å²) in [5.74, 6) is -0.458. The van der Waals surface area contributed by atoms with Gasteiger partial charge in [-0.15, -0.1) is 0 Å². The van der Waals surface area contributed by atoms with Gasteiger partial charge in [0.2, 0.25) is 0 Å². The van der Waals surface area contributed by atoms with E-state index >= 15 is 0 Å². The number of rotatable bonds is 1. The average Bonchev–Trinajstić information content (AvgIpc) is 2.24. The lowest BCUT2D eigenvalue weighted by atomic mass is 10.2. The van der Waals surface area contributed by atoms with Crippen LogP contribution in [0.5, 0.6) is 0 Å². The van der Waals surface area contributed by atoms with E-state index < -0.39 is 5.82 Å². The summed E-state index contributed by atoms with van der Waals surface area (Å²) in [5, 5.41) is 0.827. The topological polar surface area (TPSA) is 34.9 Å². The van der Waals surface area contributed by atoms with Crippen LogP contribution >= 0.6 is 11.8 Å². The summed E-state index contributed by atoms with van der Waals surface area (Å²) < 4.78 is 14.8. The van der Waals surface area contributed by atoms with E-state index in [-0.39, 0.29) is 11.1 Å². The number of benzene rings is 1. The molecule has 0 N–H and O–H groups in total. The van der Waals surface area contributed by atoms with E-state index in [1.54, 1.807) is 19.4 Å². The molecule has 2 rings (SSSR count). The van der Waals surface area contributed by atoms with Crippen LogP contribution in [0.3, 0.4) is 0 Å². The molecule has 0 unspecified atom stereocenters. The number of nitrogens with zero attached hydrogens (tertiary/aromatic N) is 2.